The Hall–Kier alpha value is -1.62. The second-order valence-electron chi connectivity index (χ2n) is 4.07. The van der Waals surface area contributed by atoms with Crippen molar-refractivity contribution in [3.8, 4) is 0 Å². The van der Waals surface area contributed by atoms with Gasteiger partial charge in [0.15, 0.2) is 0 Å². The molecule has 1 aliphatic rings. The molecule has 1 fully saturated rings. The molecule has 0 aromatic carbocycles. The van der Waals surface area contributed by atoms with Crippen LogP contribution < -0.4 is 16.8 Å². The maximum Gasteiger partial charge on any atom is 0.247 e. The Bertz CT molecular complexity index is 367. The highest BCUT2D eigenvalue weighted by atomic mass is 16.2. The van der Waals surface area contributed by atoms with E-state index in [-0.39, 0.29) is 17.4 Å². The van der Waals surface area contributed by atoms with Gasteiger partial charge in [0.1, 0.15) is 0 Å². The number of hydrogen-bond acceptors (Lipinski definition) is 3. The molecule has 1 aromatic rings. The molecule has 1 saturated carbocycles. The lowest BCUT2D eigenvalue weighted by molar-refractivity contribution is -0.125. The first-order valence-corrected chi connectivity index (χ1v) is 6.88. The number of nitrogens with two attached hydrogens (primary N) is 1. The van der Waals surface area contributed by atoms with E-state index in [1.807, 2.05) is 13.8 Å². The minimum atomic E-state index is -0.0532. The van der Waals surface area contributed by atoms with Gasteiger partial charge in [-0.15, -0.1) is 0 Å². The molecule has 0 unspecified atom stereocenters. The SMILES string of the molecule is CC.NNC(=O)C1CCCCC1.O=c1cccc[nH]1. The number of H-pyrrole nitrogens is 1. The number of carbonyl (C=O) groups excluding carboxylic acids is 1. The van der Waals surface area contributed by atoms with E-state index < -0.39 is 0 Å². The highest BCUT2D eigenvalue weighted by molar-refractivity contribution is 5.77. The molecule has 2 rings (SSSR count). The summed E-state index contributed by atoms with van der Waals surface area (Å²) in [6.07, 6.45) is 7.26. The Labute approximate surface area is 114 Å². The van der Waals surface area contributed by atoms with Crippen LogP contribution in [0.15, 0.2) is 29.2 Å². The fourth-order valence-corrected chi connectivity index (χ4v) is 1.86. The topological polar surface area (TPSA) is 88.0 Å². The standard InChI is InChI=1S/C7H14N2O.C5H5NO.C2H6/c8-9-7(10)6-4-2-1-3-5-6;7-5-3-1-2-4-6-5;1-2/h6H,1-5,8H2,(H,9,10);1-4H,(H,6,7);1-2H3. The largest absolute Gasteiger partial charge is 0.329 e. The van der Waals surface area contributed by atoms with Gasteiger partial charge in [-0.05, 0) is 18.9 Å². The van der Waals surface area contributed by atoms with Crippen molar-refractivity contribution in [2.24, 2.45) is 11.8 Å². The van der Waals surface area contributed by atoms with E-state index in [2.05, 4.69) is 10.4 Å². The molecule has 19 heavy (non-hydrogen) atoms. The van der Waals surface area contributed by atoms with Crippen LogP contribution in [0.2, 0.25) is 0 Å². The smallest absolute Gasteiger partial charge is 0.247 e. The zero-order valence-corrected chi connectivity index (χ0v) is 11.8. The van der Waals surface area contributed by atoms with Crippen LogP contribution >= 0.6 is 0 Å². The summed E-state index contributed by atoms with van der Waals surface area (Å²) >= 11 is 0. The van der Waals surface area contributed by atoms with Crippen LogP contribution in [0.1, 0.15) is 46.0 Å². The molecule has 1 aromatic heterocycles. The summed E-state index contributed by atoms with van der Waals surface area (Å²) in [4.78, 5) is 23.6. The molecule has 1 heterocycles. The van der Waals surface area contributed by atoms with E-state index in [4.69, 9.17) is 5.84 Å². The van der Waals surface area contributed by atoms with Crippen LogP contribution in [0.25, 0.3) is 0 Å². The van der Waals surface area contributed by atoms with Crippen molar-refractivity contribution in [3.63, 3.8) is 0 Å². The lowest BCUT2D eigenvalue weighted by atomic mass is 9.89. The Balaban J connectivity index is 0.000000316. The number of hydrogen-bond donors (Lipinski definition) is 3. The molecule has 0 spiro atoms. The number of rotatable bonds is 1. The van der Waals surface area contributed by atoms with Crippen molar-refractivity contribution in [1.29, 1.82) is 0 Å². The molecule has 0 atom stereocenters. The zero-order valence-electron chi connectivity index (χ0n) is 11.8. The van der Waals surface area contributed by atoms with Crippen LogP contribution in [0, 0.1) is 5.92 Å². The van der Waals surface area contributed by atoms with E-state index >= 15 is 0 Å². The van der Waals surface area contributed by atoms with Gasteiger partial charge < -0.3 is 4.98 Å². The summed E-state index contributed by atoms with van der Waals surface area (Å²) in [5.41, 5.74) is 2.14. The summed E-state index contributed by atoms with van der Waals surface area (Å²) in [5, 5.41) is 0. The Morgan fingerprint density at radius 3 is 2.26 bits per heavy atom. The van der Waals surface area contributed by atoms with Gasteiger partial charge in [-0.2, -0.15) is 0 Å². The first-order valence-electron chi connectivity index (χ1n) is 6.88. The monoisotopic (exact) mass is 267 g/mol. The summed E-state index contributed by atoms with van der Waals surface area (Å²) in [7, 11) is 0. The third-order valence-electron chi connectivity index (χ3n) is 2.80. The minimum absolute atomic E-state index is 0.0136. The van der Waals surface area contributed by atoms with E-state index in [0.29, 0.717) is 0 Å². The number of hydrazine groups is 1. The normalized spacial score (nSPS) is 14.3. The number of carbonyl (C=O) groups is 1. The van der Waals surface area contributed by atoms with Crippen LogP contribution in [0.4, 0.5) is 0 Å². The third-order valence-corrected chi connectivity index (χ3v) is 2.80. The molecule has 0 saturated heterocycles. The molecule has 5 heteroatoms. The van der Waals surface area contributed by atoms with Crippen LogP contribution in [0.3, 0.4) is 0 Å². The first-order chi connectivity index (χ1) is 9.24. The molecular weight excluding hydrogens is 242 g/mol. The fourth-order valence-electron chi connectivity index (χ4n) is 1.86. The van der Waals surface area contributed by atoms with Gasteiger partial charge in [0.2, 0.25) is 11.5 Å². The van der Waals surface area contributed by atoms with Gasteiger partial charge in [0, 0.05) is 18.2 Å². The van der Waals surface area contributed by atoms with Crippen LogP contribution in [-0.4, -0.2) is 10.9 Å². The quantitative estimate of drug-likeness (QED) is 0.413. The maximum absolute atomic E-state index is 10.9. The van der Waals surface area contributed by atoms with E-state index in [1.54, 1.807) is 18.3 Å². The Morgan fingerprint density at radius 2 is 1.89 bits per heavy atom. The van der Waals surface area contributed by atoms with Gasteiger partial charge in [-0.25, -0.2) is 5.84 Å². The minimum Gasteiger partial charge on any atom is -0.329 e. The molecule has 0 aliphatic heterocycles. The second kappa shape index (κ2) is 11.5. The number of pyridine rings is 1. The van der Waals surface area contributed by atoms with Gasteiger partial charge in [-0.1, -0.05) is 39.2 Å². The number of nitrogens with one attached hydrogen (secondary N) is 2. The highest BCUT2D eigenvalue weighted by Crippen LogP contribution is 2.23. The molecular formula is C14H25N3O2. The first kappa shape index (κ1) is 17.4. The molecule has 0 radical (unpaired) electrons. The number of aromatic amines is 1. The van der Waals surface area contributed by atoms with Crippen molar-refractivity contribution in [3.05, 3.63) is 34.7 Å². The van der Waals surface area contributed by atoms with E-state index in [9.17, 15) is 9.59 Å². The predicted molar refractivity (Wildman–Crippen MR) is 77.3 cm³/mol. The lowest BCUT2D eigenvalue weighted by Crippen LogP contribution is -2.36. The lowest BCUT2D eigenvalue weighted by Gasteiger charge is -2.19. The van der Waals surface area contributed by atoms with E-state index in [0.717, 1.165) is 12.8 Å². The second-order valence-corrected chi connectivity index (χ2v) is 4.07. The average Bonchev–Trinajstić information content (AvgIpc) is 2.51. The average molecular weight is 267 g/mol. The fraction of sp³-hybridized carbons (Fsp3) is 0.571. The van der Waals surface area contributed by atoms with Crippen molar-refractivity contribution < 1.29 is 4.79 Å². The molecule has 5 nitrogen and oxygen atoms in total. The molecule has 0 bridgehead atoms. The summed E-state index contributed by atoms with van der Waals surface area (Å²) in [6, 6.07) is 4.93. The van der Waals surface area contributed by atoms with Crippen molar-refractivity contribution in [2.75, 3.05) is 0 Å². The van der Waals surface area contributed by atoms with Crippen molar-refractivity contribution >= 4 is 5.91 Å². The Kier molecular flexibility index (Phi) is 10.5. The van der Waals surface area contributed by atoms with Gasteiger partial charge in [0.25, 0.3) is 0 Å². The summed E-state index contributed by atoms with van der Waals surface area (Å²) in [6.45, 7) is 4.00. The summed E-state index contributed by atoms with van der Waals surface area (Å²) in [5.74, 6) is 5.21. The number of amides is 1. The van der Waals surface area contributed by atoms with Crippen LogP contribution in [0.5, 0.6) is 0 Å². The Morgan fingerprint density at radius 1 is 1.26 bits per heavy atom. The maximum atomic E-state index is 10.9. The number of aromatic nitrogens is 1. The third kappa shape index (κ3) is 8.15. The van der Waals surface area contributed by atoms with Gasteiger partial charge in [-0.3, -0.25) is 15.0 Å². The summed E-state index contributed by atoms with van der Waals surface area (Å²) < 4.78 is 0. The molecule has 1 amide bonds. The molecule has 1 aliphatic carbocycles. The van der Waals surface area contributed by atoms with Gasteiger partial charge >= 0.3 is 0 Å². The van der Waals surface area contributed by atoms with Crippen LogP contribution in [-0.2, 0) is 4.79 Å². The van der Waals surface area contributed by atoms with Gasteiger partial charge in [0.05, 0.1) is 0 Å². The highest BCUT2D eigenvalue weighted by Gasteiger charge is 2.19. The zero-order chi connectivity index (χ0) is 14.5. The van der Waals surface area contributed by atoms with Crippen molar-refractivity contribution in [2.45, 2.75) is 46.0 Å². The molecule has 4 N–H and O–H groups in total. The molecule has 108 valence electrons. The predicted octanol–water partition coefficient (Wildman–Crippen LogP) is 1.96. The van der Waals surface area contributed by atoms with E-state index in [1.165, 1.54) is 25.3 Å². The van der Waals surface area contributed by atoms with Crippen molar-refractivity contribution in [1.82, 2.24) is 10.4 Å².